The molecule has 0 atom stereocenters. The van der Waals surface area contributed by atoms with E-state index in [0.717, 1.165) is 21.9 Å². The molecule has 0 aliphatic carbocycles. The molecule has 0 aromatic heterocycles. The fourth-order valence-corrected chi connectivity index (χ4v) is 2.81. The molecule has 0 aliphatic rings. The zero-order chi connectivity index (χ0) is 19.9. The van der Waals surface area contributed by atoms with Gasteiger partial charge in [-0.2, -0.15) is 0 Å². The lowest BCUT2D eigenvalue weighted by Gasteiger charge is -2.09. The molecule has 3 N–H and O–H groups in total. The summed E-state index contributed by atoms with van der Waals surface area (Å²) in [5.41, 5.74) is 6.98. The van der Waals surface area contributed by atoms with Gasteiger partial charge < -0.3 is 5.32 Å². The zero-order valence-electron chi connectivity index (χ0n) is 15.5. The van der Waals surface area contributed by atoms with Crippen molar-refractivity contribution in [2.75, 3.05) is 6.54 Å². The van der Waals surface area contributed by atoms with Crippen LogP contribution in [0.5, 0.6) is 0 Å². The van der Waals surface area contributed by atoms with Crippen LogP contribution in [0.25, 0.3) is 10.8 Å². The number of carbonyl (C=O) groups is 3. The summed E-state index contributed by atoms with van der Waals surface area (Å²) in [6.45, 7) is 1.70. The van der Waals surface area contributed by atoms with Crippen molar-refractivity contribution in [3.8, 4) is 0 Å². The highest BCUT2D eigenvalue weighted by Gasteiger charge is 2.10. The van der Waals surface area contributed by atoms with E-state index in [1.807, 2.05) is 61.5 Å². The molecule has 0 heterocycles. The quantitative estimate of drug-likeness (QED) is 0.598. The number of nitrogens with one attached hydrogen (secondary N) is 3. The van der Waals surface area contributed by atoms with Gasteiger partial charge in [0.25, 0.3) is 11.8 Å². The summed E-state index contributed by atoms with van der Waals surface area (Å²) in [6, 6.07) is 20.6. The molecule has 6 heteroatoms. The molecule has 3 aromatic carbocycles. The van der Waals surface area contributed by atoms with Crippen molar-refractivity contribution >= 4 is 28.5 Å². The van der Waals surface area contributed by atoms with E-state index in [1.54, 1.807) is 12.1 Å². The molecule has 0 radical (unpaired) electrons. The van der Waals surface area contributed by atoms with Crippen molar-refractivity contribution in [1.29, 1.82) is 0 Å². The lowest BCUT2D eigenvalue weighted by molar-refractivity contribution is -0.126. The highest BCUT2D eigenvalue weighted by molar-refractivity contribution is 5.96. The molecule has 28 heavy (non-hydrogen) atoms. The van der Waals surface area contributed by atoms with Gasteiger partial charge in [-0.15, -0.1) is 0 Å². The fraction of sp³-hybridized carbons (Fsp3) is 0.136. The maximum absolute atomic E-state index is 12.2. The van der Waals surface area contributed by atoms with Crippen molar-refractivity contribution in [1.82, 2.24) is 16.2 Å². The van der Waals surface area contributed by atoms with Gasteiger partial charge in [-0.25, -0.2) is 0 Å². The molecule has 0 fully saturated rings. The van der Waals surface area contributed by atoms with Crippen LogP contribution in [0.2, 0.25) is 0 Å². The molecule has 0 saturated carbocycles. The first kappa shape index (κ1) is 19.1. The first-order valence-electron chi connectivity index (χ1n) is 8.92. The molecule has 0 bridgehead atoms. The smallest absolute Gasteiger partial charge is 0.269 e. The Labute approximate surface area is 162 Å². The SMILES string of the molecule is Cc1ccc(C(=O)NNC(=O)CNC(=O)Cc2cccc3ccccc23)cc1. The number of hydrogen-bond donors (Lipinski definition) is 3. The Morgan fingerprint density at radius 2 is 1.50 bits per heavy atom. The fourth-order valence-electron chi connectivity index (χ4n) is 2.81. The summed E-state index contributed by atoms with van der Waals surface area (Å²) >= 11 is 0. The second-order valence-corrected chi connectivity index (χ2v) is 6.46. The van der Waals surface area contributed by atoms with Crippen molar-refractivity contribution in [3.63, 3.8) is 0 Å². The predicted octanol–water partition coefficient (Wildman–Crippen LogP) is 2.27. The van der Waals surface area contributed by atoms with Crippen molar-refractivity contribution < 1.29 is 14.4 Å². The van der Waals surface area contributed by atoms with Gasteiger partial charge in [-0.3, -0.25) is 25.2 Å². The normalized spacial score (nSPS) is 10.3. The lowest BCUT2D eigenvalue weighted by Crippen LogP contribution is -2.46. The number of fused-ring (bicyclic) bond motifs is 1. The summed E-state index contributed by atoms with van der Waals surface area (Å²) in [5.74, 6) is -1.20. The molecular formula is C22H21N3O3. The Morgan fingerprint density at radius 3 is 2.29 bits per heavy atom. The summed E-state index contributed by atoms with van der Waals surface area (Å²) in [7, 11) is 0. The molecule has 0 spiro atoms. The average molecular weight is 375 g/mol. The maximum atomic E-state index is 12.2. The number of hydrazine groups is 1. The number of amides is 3. The molecule has 3 amide bonds. The largest absolute Gasteiger partial charge is 0.347 e. The molecule has 6 nitrogen and oxygen atoms in total. The third-order valence-electron chi connectivity index (χ3n) is 4.31. The number of aryl methyl sites for hydroxylation is 1. The van der Waals surface area contributed by atoms with E-state index in [1.165, 1.54) is 0 Å². The third-order valence-corrected chi connectivity index (χ3v) is 4.31. The summed E-state index contributed by atoms with van der Waals surface area (Å²) < 4.78 is 0. The van der Waals surface area contributed by atoms with Gasteiger partial charge in [0.05, 0.1) is 13.0 Å². The minimum atomic E-state index is -0.508. The van der Waals surface area contributed by atoms with Crippen LogP contribution in [-0.4, -0.2) is 24.3 Å². The van der Waals surface area contributed by atoms with Crippen LogP contribution < -0.4 is 16.2 Å². The van der Waals surface area contributed by atoms with Crippen LogP contribution in [0.3, 0.4) is 0 Å². The molecule has 0 unspecified atom stereocenters. The number of hydrogen-bond acceptors (Lipinski definition) is 3. The predicted molar refractivity (Wildman–Crippen MR) is 107 cm³/mol. The van der Waals surface area contributed by atoms with Crippen LogP contribution in [-0.2, 0) is 16.0 Å². The molecule has 3 aromatic rings. The average Bonchev–Trinajstić information content (AvgIpc) is 2.71. The molecular weight excluding hydrogens is 354 g/mol. The maximum Gasteiger partial charge on any atom is 0.269 e. The highest BCUT2D eigenvalue weighted by Crippen LogP contribution is 2.18. The zero-order valence-corrected chi connectivity index (χ0v) is 15.5. The van der Waals surface area contributed by atoms with Crippen molar-refractivity contribution in [2.45, 2.75) is 13.3 Å². The van der Waals surface area contributed by atoms with E-state index in [9.17, 15) is 14.4 Å². The number of carbonyl (C=O) groups excluding carboxylic acids is 3. The van der Waals surface area contributed by atoms with Gasteiger partial charge in [0.15, 0.2) is 0 Å². The van der Waals surface area contributed by atoms with E-state index in [0.29, 0.717) is 5.56 Å². The van der Waals surface area contributed by atoms with E-state index in [4.69, 9.17) is 0 Å². The Bertz CT molecular complexity index is 1010. The Morgan fingerprint density at radius 1 is 0.786 bits per heavy atom. The van der Waals surface area contributed by atoms with Crippen LogP contribution in [0.1, 0.15) is 21.5 Å². The second-order valence-electron chi connectivity index (χ2n) is 6.46. The van der Waals surface area contributed by atoms with E-state index < -0.39 is 11.8 Å². The second kappa shape index (κ2) is 8.81. The van der Waals surface area contributed by atoms with E-state index in [-0.39, 0.29) is 18.9 Å². The first-order valence-corrected chi connectivity index (χ1v) is 8.92. The third kappa shape index (κ3) is 4.94. The lowest BCUT2D eigenvalue weighted by atomic mass is 10.0. The van der Waals surface area contributed by atoms with Crippen LogP contribution in [0.15, 0.2) is 66.7 Å². The highest BCUT2D eigenvalue weighted by atomic mass is 16.2. The standard InChI is InChI=1S/C22H21N3O3/c1-15-9-11-17(12-10-15)22(28)25-24-21(27)14-23-20(26)13-18-7-4-6-16-5-2-3-8-19(16)18/h2-12H,13-14H2,1H3,(H,23,26)(H,24,27)(H,25,28). The summed E-state index contributed by atoms with van der Waals surface area (Å²) in [4.78, 5) is 36.0. The molecule has 0 aliphatic heterocycles. The Hall–Kier alpha value is -3.67. The summed E-state index contributed by atoms with van der Waals surface area (Å²) in [6.07, 6.45) is 0.171. The first-order chi connectivity index (χ1) is 13.5. The van der Waals surface area contributed by atoms with Gasteiger partial charge in [-0.05, 0) is 35.4 Å². The van der Waals surface area contributed by atoms with Gasteiger partial charge >= 0.3 is 0 Å². The number of rotatable bonds is 5. The van der Waals surface area contributed by atoms with Crippen molar-refractivity contribution in [3.05, 3.63) is 83.4 Å². The molecule has 142 valence electrons. The van der Waals surface area contributed by atoms with Gasteiger partial charge in [0.2, 0.25) is 5.91 Å². The summed E-state index contributed by atoms with van der Waals surface area (Å²) in [5, 5.41) is 4.63. The monoisotopic (exact) mass is 375 g/mol. The minimum absolute atomic E-state index is 0.171. The van der Waals surface area contributed by atoms with Crippen molar-refractivity contribution in [2.24, 2.45) is 0 Å². The van der Waals surface area contributed by atoms with Gasteiger partial charge in [-0.1, -0.05) is 60.2 Å². The van der Waals surface area contributed by atoms with E-state index in [2.05, 4.69) is 16.2 Å². The Kier molecular flexibility index (Phi) is 6.01. The topological polar surface area (TPSA) is 87.3 Å². The number of benzene rings is 3. The van der Waals surface area contributed by atoms with Crippen LogP contribution >= 0.6 is 0 Å². The minimum Gasteiger partial charge on any atom is -0.347 e. The molecule has 3 rings (SSSR count). The van der Waals surface area contributed by atoms with Crippen LogP contribution in [0, 0.1) is 6.92 Å². The van der Waals surface area contributed by atoms with Gasteiger partial charge in [0, 0.05) is 5.56 Å². The van der Waals surface area contributed by atoms with Crippen LogP contribution in [0.4, 0.5) is 0 Å². The Balaban J connectivity index is 1.47. The van der Waals surface area contributed by atoms with Gasteiger partial charge in [0.1, 0.15) is 0 Å². The molecule has 0 saturated heterocycles. The van der Waals surface area contributed by atoms with E-state index >= 15 is 0 Å².